The first kappa shape index (κ1) is 15.6. The Morgan fingerprint density at radius 2 is 1.92 bits per heavy atom. The number of nitrogens with zero attached hydrogens (tertiary/aromatic N) is 3. The number of hydrogen-bond acceptors (Lipinski definition) is 4. The number of rotatable bonds is 5. The smallest absolute Gasteiger partial charge is 0.229 e. The number of hydrogen-bond donors (Lipinski definition) is 0. The molecule has 0 N–H and O–H groups in total. The zero-order valence-electron chi connectivity index (χ0n) is 14.3. The molecule has 128 valence electrons. The van der Waals surface area contributed by atoms with Gasteiger partial charge in [-0.25, -0.2) is 0 Å². The Kier molecular flexibility index (Phi) is 4.27. The van der Waals surface area contributed by atoms with Crippen LogP contribution in [0.3, 0.4) is 0 Å². The van der Waals surface area contributed by atoms with Gasteiger partial charge in [-0.2, -0.15) is 0 Å². The van der Waals surface area contributed by atoms with Crippen molar-refractivity contribution in [3.8, 4) is 0 Å². The number of piperidine rings is 1. The molecule has 2 aliphatic rings. The van der Waals surface area contributed by atoms with E-state index in [0.29, 0.717) is 18.5 Å². The third-order valence-electron chi connectivity index (χ3n) is 5.40. The van der Waals surface area contributed by atoms with Gasteiger partial charge >= 0.3 is 0 Å². The van der Waals surface area contributed by atoms with Gasteiger partial charge in [0.2, 0.25) is 5.91 Å². The molecule has 1 aliphatic heterocycles. The molecule has 2 heterocycles. The van der Waals surface area contributed by atoms with E-state index in [2.05, 4.69) is 21.9 Å². The topological polar surface area (TPSA) is 49.6 Å². The molecule has 0 unspecified atom stereocenters. The Bertz CT molecular complexity index is 714. The molecule has 0 bridgehead atoms. The number of likely N-dealkylation sites (tertiary alicyclic amines) is 1. The van der Waals surface area contributed by atoms with Gasteiger partial charge in [-0.05, 0) is 44.4 Å². The lowest BCUT2D eigenvalue weighted by molar-refractivity contribution is -0.134. The Balaban J connectivity index is 1.48. The number of carbonyl (C=O) groups excluding carboxylic acids is 1. The average molecular weight is 327 g/mol. The summed E-state index contributed by atoms with van der Waals surface area (Å²) < 4.78 is 5.35. The van der Waals surface area contributed by atoms with Crippen molar-refractivity contribution >= 4 is 16.9 Å². The summed E-state index contributed by atoms with van der Waals surface area (Å²) in [6.45, 7) is 5.52. The first-order valence-corrected chi connectivity index (χ1v) is 9.13. The minimum absolute atomic E-state index is 0.214. The molecule has 2 fully saturated rings. The van der Waals surface area contributed by atoms with Gasteiger partial charge in [-0.15, -0.1) is 0 Å². The van der Waals surface area contributed by atoms with E-state index in [4.69, 9.17) is 4.52 Å². The van der Waals surface area contributed by atoms with Crippen LogP contribution in [0.2, 0.25) is 0 Å². The fraction of sp³-hybridized carbons (Fsp3) is 0.579. The summed E-state index contributed by atoms with van der Waals surface area (Å²) in [5.74, 6) is 0.214. The van der Waals surface area contributed by atoms with Crippen LogP contribution in [-0.4, -0.2) is 52.6 Å². The summed E-state index contributed by atoms with van der Waals surface area (Å²) in [6.07, 6.45) is 4.84. The van der Waals surface area contributed by atoms with Gasteiger partial charge in [0.1, 0.15) is 5.69 Å². The lowest BCUT2D eigenvalue weighted by Crippen LogP contribution is -2.48. The van der Waals surface area contributed by atoms with Gasteiger partial charge in [0, 0.05) is 30.6 Å². The van der Waals surface area contributed by atoms with Crippen molar-refractivity contribution in [2.24, 2.45) is 0 Å². The van der Waals surface area contributed by atoms with Gasteiger partial charge in [0.25, 0.3) is 0 Å². The van der Waals surface area contributed by atoms with Crippen LogP contribution in [0.1, 0.15) is 38.3 Å². The maximum atomic E-state index is 13.0. The van der Waals surface area contributed by atoms with Crippen LogP contribution < -0.4 is 0 Å². The lowest BCUT2D eigenvalue weighted by atomic mass is 10.0. The van der Waals surface area contributed by atoms with E-state index < -0.39 is 0 Å². The van der Waals surface area contributed by atoms with Crippen molar-refractivity contribution in [3.63, 3.8) is 0 Å². The summed E-state index contributed by atoms with van der Waals surface area (Å²) >= 11 is 0. The summed E-state index contributed by atoms with van der Waals surface area (Å²) in [4.78, 5) is 17.7. The zero-order chi connectivity index (χ0) is 16.5. The van der Waals surface area contributed by atoms with Crippen LogP contribution in [0.15, 0.2) is 28.8 Å². The monoisotopic (exact) mass is 327 g/mol. The molecule has 0 radical (unpaired) electrons. The van der Waals surface area contributed by atoms with Crippen molar-refractivity contribution in [3.05, 3.63) is 30.0 Å². The first-order chi connectivity index (χ1) is 11.8. The second-order valence-corrected chi connectivity index (χ2v) is 7.00. The molecular formula is C19H25N3O2. The minimum Gasteiger partial charge on any atom is -0.356 e. The fourth-order valence-electron chi connectivity index (χ4n) is 3.87. The second kappa shape index (κ2) is 6.55. The summed E-state index contributed by atoms with van der Waals surface area (Å²) in [5, 5.41) is 5.10. The Morgan fingerprint density at radius 3 is 2.62 bits per heavy atom. The van der Waals surface area contributed by atoms with Crippen LogP contribution in [-0.2, 0) is 11.2 Å². The largest absolute Gasteiger partial charge is 0.356 e. The van der Waals surface area contributed by atoms with Gasteiger partial charge in [-0.3, -0.25) is 4.79 Å². The average Bonchev–Trinajstić information content (AvgIpc) is 3.37. The fourth-order valence-corrected chi connectivity index (χ4v) is 3.87. The van der Waals surface area contributed by atoms with E-state index in [1.165, 1.54) is 0 Å². The van der Waals surface area contributed by atoms with E-state index in [-0.39, 0.29) is 5.91 Å². The summed E-state index contributed by atoms with van der Waals surface area (Å²) in [7, 11) is 0. The van der Waals surface area contributed by atoms with E-state index in [1.807, 2.05) is 24.3 Å². The highest BCUT2D eigenvalue weighted by atomic mass is 16.5. The molecule has 24 heavy (non-hydrogen) atoms. The molecule has 0 spiro atoms. The molecule has 1 saturated heterocycles. The van der Waals surface area contributed by atoms with Crippen LogP contribution in [0, 0.1) is 0 Å². The predicted octanol–water partition coefficient (Wildman–Crippen LogP) is 2.85. The quantitative estimate of drug-likeness (QED) is 0.847. The molecular weight excluding hydrogens is 302 g/mol. The van der Waals surface area contributed by atoms with Gasteiger partial charge in [-0.1, -0.05) is 24.2 Å². The predicted molar refractivity (Wildman–Crippen MR) is 92.7 cm³/mol. The number of carbonyl (C=O) groups is 1. The van der Waals surface area contributed by atoms with Crippen molar-refractivity contribution < 1.29 is 9.32 Å². The molecule has 2 aromatic rings. The highest BCUT2D eigenvalue weighted by molar-refractivity contribution is 5.86. The standard InChI is InChI=1S/C19H25N3O2/c1-2-21-11-9-15(10-12-21)22(14-7-8-14)19(23)13-17-16-5-3-4-6-18(16)24-20-17/h3-6,14-15H,2,7-13H2,1H3. The van der Waals surface area contributed by atoms with Crippen molar-refractivity contribution in [2.75, 3.05) is 19.6 Å². The molecule has 0 atom stereocenters. The lowest BCUT2D eigenvalue weighted by Gasteiger charge is -2.38. The van der Waals surface area contributed by atoms with Gasteiger partial charge in [0.05, 0.1) is 6.42 Å². The molecule has 5 heteroatoms. The van der Waals surface area contributed by atoms with Crippen LogP contribution in [0.25, 0.3) is 11.0 Å². The van der Waals surface area contributed by atoms with Crippen LogP contribution in [0.4, 0.5) is 0 Å². The molecule has 5 nitrogen and oxygen atoms in total. The van der Waals surface area contributed by atoms with Crippen molar-refractivity contribution in [1.82, 2.24) is 15.0 Å². The van der Waals surface area contributed by atoms with E-state index in [9.17, 15) is 4.79 Å². The molecule has 1 aromatic heterocycles. The second-order valence-electron chi connectivity index (χ2n) is 7.00. The van der Waals surface area contributed by atoms with E-state index in [1.54, 1.807) is 0 Å². The summed E-state index contributed by atoms with van der Waals surface area (Å²) in [6, 6.07) is 8.62. The molecule has 1 amide bonds. The number of aromatic nitrogens is 1. The highest BCUT2D eigenvalue weighted by Gasteiger charge is 2.38. The number of benzene rings is 1. The highest BCUT2D eigenvalue weighted by Crippen LogP contribution is 2.33. The molecule has 1 aromatic carbocycles. The van der Waals surface area contributed by atoms with Crippen LogP contribution in [0.5, 0.6) is 0 Å². The Labute approximate surface area is 142 Å². The number of fused-ring (bicyclic) bond motifs is 1. The molecule has 1 saturated carbocycles. The Morgan fingerprint density at radius 1 is 1.21 bits per heavy atom. The number of amides is 1. The maximum absolute atomic E-state index is 13.0. The third kappa shape index (κ3) is 3.05. The van der Waals surface area contributed by atoms with Gasteiger partial charge < -0.3 is 14.3 Å². The van der Waals surface area contributed by atoms with Crippen molar-refractivity contribution in [1.29, 1.82) is 0 Å². The van der Waals surface area contributed by atoms with Crippen molar-refractivity contribution in [2.45, 2.75) is 51.1 Å². The third-order valence-corrected chi connectivity index (χ3v) is 5.40. The first-order valence-electron chi connectivity index (χ1n) is 9.13. The Hall–Kier alpha value is -1.88. The number of para-hydroxylation sites is 1. The van der Waals surface area contributed by atoms with Crippen LogP contribution >= 0.6 is 0 Å². The van der Waals surface area contributed by atoms with E-state index in [0.717, 1.165) is 62.0 Å². The van der Waals surface area contributed by atoms with Gasteiger partial charge in [0.15, 0.2) is 5.58 Å². The minimum atomic E-state index is 0.214. The van der Waals surface area contributed by atoms with E-state index >= 15 is 0 Å². The zero-order valence-corrected chi connectivity index (χ0v) is 14.3. The SMILES string of the molecule is CCN1CCC(N(C(=O)Cc2noc3ccccc23)C2CC2)CC1. The summed E-state index contributed by atoms with van der Waals surface area (Å²) in [5.41, 5.74) is 1.53. The molecule has 4 rings (SSSR count). The normalized spacial score (nSPS) is 19.7. The maximum Gasteiger partial charge on any atom is 0.229 e. The molecule has 1 aliphatic carbocycles.